The summed E-state index contributed by atoms with van der Waals surface area (Å²) < 4.78 is 11.0. The molecule has 0 bridgehead atoms. The van der Waals surface area contributed by atoms with Crippen molar-refractivity contribution >= 4 is 5.97 Å². The average Bonchev–Trinajstić information content (AvgIpc) is 2.41. The molecule has 3 atom stereocenters. The quantitative estimate of drug-likeness (QED) is 0.689. The fraction of sp³-hybridized carbons (Fsp3) is 0.933. The molecular formula is C15H29NO3. The molecule has 4 heteroatoms. The molecule has 1 aliphatic carbocycles. The topological polar surface area (TPSA) is 47.6 Å². The maximum atomic E-state index is 11.8. The lowest BCUT2D eigenvalue weighted by molar-refractivity contribution is -0.148. The van der Waals surface area contributed by atoms with E-state index >= 15 is 0 Å². The minimum Gasteiger partial charge on any atom is -0.465 e. The van der Waals surface area contributed by atoms with Gasteiger partial charge in [0.2, 0.25) is 0 Å². The first-order chi connectivity index (χ1) is 9.19. The van der Waals surface area contributed by atoms with Gasteiger partial charge in [-0.25, -0.2) is 0 Å². The molecule has 1 rings (SSSR count). The van der Waals surface area contributed by atoms with Crippen LogP contribution in [0.15, 0.2) is 0 Å². The summed E-state index contributed by atoms with van der Waals surface area (Å²) in [6.45, 7) is 7.81. The minimum atomic E-state index is -0.325. The Morgan fingerprint density at radius 1 is 1.32 bits per heavy atom. The highest BCUT2D eigenvalue weighted by Crippen LogP contribution is 2.26. The molecule has 1 aliphatic rings. The van der Waals surface area contributed by atoms with Crippen molar-refractivity contribution in [2.75, 3.05) is 19.8 Å². The predicted molar refractivity (Wildman–Crippen MR) is 76.1 cm³/mol. The molecule has 112 valence electrons. The largest absolute Gasteiger partial charge is 0.465 e. The van der Waals surface area contributed by atoms with Gasteiger partial charge >= 0.3 is 5.97 Å². The SMILES string of the molecule is CCCNC(COC1CCCCC1C)C(=O)OCC. The normalized spacial score (nSPS) is 25.0. The van der Waals surface area contributed by atoms with E-state index in [-0.39, 0.29) is 12.0 Å². The average molecular weight is 271 g/mol. The molecule has 1 N–H and O–H groups in total. The van der Waals surface area contributed by atoms with Crippen LogP contribution in [-0.4, -0.2) is 37.9 Å². The maximum absolute atomic E-state index is 11.8. The van der Waals surface area contributed by atoms with Gasteiger partial charge in [-0.1, -0.05) is 26.7 Å². The monoisotopic (exact) mass is 271 g/mol. The molecule has 0 aromatic heterocycles. The van der Waals surface area contributed by atoms with Crippen LogP contribution in [0.2, 0.25) is 0 Å². The predicted octanol–water partition coefficient (Wildman–Crippen LogP) is 2.51. The molecule has 4 nitrogen and oxygen atoms in total. The van der Waals surface area contributed by atoms with Crippen LogP contribution in [0.4, 0.5) is 0 Å². The van der Waals surface area contributed by atoms with Crippen molar-refractivity contribution in [3.05, 3.63) is 0 Å². The van der Waals surface area contributed by atoms with E-state index in [0.29, 0.717) is 25.2 Å². The van der Waals surface area contributed by atoms with Gasteiger partial charge in [0, 0.05) is 0 Å². The molecule has 0 radical (unpaired) electrons. The third kappa shape index (κ3) is 5.91. The number of hydrogen-bond donors (Lipinski definition) is 1. The smallest absolute Gasteiger partial charge is 0.325 e. The second kappa shape index (κ2) is 9.32. The van der Waals surface area contributed by atoms with E-state index in [1.807, 2.05) is 6.92 Å². The van der Waals surface area contributed by atoms with Crippen LogP contribution in [0, 0.1) is 5.92 Å². The Bertz CT molecular complexity index is 258. The molecule has 3 unspecified atom stereocenters. The first-order valence-electron chi connectivity index (χ1n) is 7.70. The first-order valence-corrected chi connectivity index (χ1v) is 7.70. The number of carbonyl (C=O) groups is 1. The first kappa shape index (κ1) is 16.4. The summed E-state index contributed by atoms with van der Waals surface area (Å²) in [5, 5.41) is 3.21. The zero-order valence-electron chi connectivity index (χ0n) is 12.6. The van der Waals surface area contributed by atoms with Crippen LogP contribution < -0.4 is 5.32 Å². The molecule has 0 aliphatic heterocycles. The van der Waals surface area contributed by atoms with Crippen LogP contribution in [0.1, 0.15) is 52.9 Å². The van der Waals surface area contributed by atoms with Crippen LogP contribution in [0.5, 0.6) is 0 Å². The van der Waals surface area contributed by atoms with Gasteiger partial charge in [-0.05, 0) is 38.6 Å². The highest BCUT2D eigenvalue weighted by atomic mass is 16.5. The Kier molecular flexibility index (Phi) is 8.07. The van der Waals surface area contributed by atoms with Gasteiger partial charge in [0.05, 0.1) is 19.3 Å². The summed E-state index contributed by atoms with van der Waals surface area (Å²) in [6.07, 6.45) is 6.18. The summed E-state index contributed by atoms with van der Waals surface area (Å²) in [4.78, 5) is 11.8. The van der Waals surface area contributed by atoms with E-state index in [1.165, 1.54) is 19.3 Å². The van der Waals surface area contributed by atoms with E-state index in [2.05, 4.69) is 19.2 Å². The molecule has 0 heterocycles. The van der Waals surface area contributed by atoms with Crippen LogP contribution in [0.25, 0.3) is 0 Å². The van der Waals surface area contributed by atoms with Crippen molar-refractivity contribution in [2.24, 2.45) is 5.92 Å². The van der Waals surface area contributed by atoms with E-state index in [4.69, 9.17) is 9.47 Å². The minimum absolute atomic E-state index is 0.195. The fourth-order valence-electron chi connectivity index (χ4n) is 2.52. The Morgan fingerprint density at radius 3 is 2.68 bits per heavy atom. The van der Waals surface area contributed by atoms with Gasteiger partial charge in [0.15, 0.2) is 0 Å². The molecule has 0 aromatic carbocycles. The van der Waals surface area contributed by atoms with Crippen molar-refractivity contribution in [3.63, 3.8) is 0 Å². The zero-order chi connectivity index (χ0) is 14.1. The summed E-state index contributed by atoms with van der Waals surface area (Å²) in [5.74, 6) is 0.405. The number of nitrogens with one attached hydrogen (secondary N) is 1. The lowest BCUT2D eigenvalue weighted by Crippen LogP contribution is -2.43. The van der Waals surface area contributed by atoms with Crippen molar-refractivity contribution < 1.29 is 14.3 Å². The Hall–Kier alpha value is -0.610. The highest BCUT2D eigenvalue weighted by Gasteiger charge is 2.25. The van der Waals surface area contributed by atoms with Crippen LogP contribution in [-0.2, 0) is 14.3 Å². The number of esters is 1. The van der Waals surface area contributed by atoms with Crippen molar-refractivity contribution in [3.8, 4) is 0 Å². The van der Waals surface area contributed by atoms with Gasteiger partial charge in [-0.15, -0.1) is 0 Å². The number of rotatable bonds is 8. The Labute approximate surface area is 117 Å². The number of hydrogen-bond acceptors (Lipinski definition) is 4. The lowest BCUT2D eigenvalue weighted by Gasteiger charge is -2.30. The van der Waals surface area contributed by atoms with Gasteiger partial charge in [0.1, 0.15) is 6.04 Å². The maximum Gasteiger partial charge on any atom is 0.325 e. The van der Waals surface area contributed by atoms with Crippen molar-refractivity contribution in [1.82, 2.24) is 5.32 Å². The van der Waals surface area contributed by atoms with Gasteiger partial charge in [-0.2, -0.15) is 0 Å². The lowest BCUT2D eigenvalue weighted by atomic mass is 9.88. The summed E-state index contributed by atoms with van der Waals surface area (Å²) >= 11 is 0. The number of carbonyl (C=O) groups excluding carboxylic acids is 1. The molecular weight excluding hydrogens is 242 g/mol. The Balaban J connectivity index is 2.39. The summed E-state index contributed by atoms with van der Waals surface area (Å²) in [7, 11) is 0. The van der Waals surface area contributed by atoms with E-state index < -0.39 is 0 Å². The van der Waals surface area contributed by atoms with Crippen LogP contribution in [0.3, 0.4) is 0 Å². The van der Waals surface area contributed by atoms with Gasteiger partial charge in [-0.3, -0.25) is 4.79 Å². The molecule has 1 saturated carbocycles. The van der Waals surface area contributed by atoms with E-state index in [9.17, 15) is 4.79 Å². The summed E-state index contributed by atoms with van der Waals surface area (Å²) in [6, 6.07) is -0.325. The Morgan fingerprint density at radius 2 is 2.05 bits per heavy atom. The van der Waals surface area contributed by atoms with Gasteiger partial charge in [0.25, 0.3) is 0 Å². The van der Waals surface area contributed by atoms with E-state index in [0.717, 1.165) is 19.4 Å². The highest BCUT2D eigenvalue weighted by molar-refractivity contribution is 5.75. The second-order valence-electron chi connectivity index (χ2n) is 5.39. The van der Waals surface area contributed by atoms with Crippen molar-refractivity contribution in [1.29, 1.82) is 0 Å². The summed E-state index contributed by atoms with van der Waals surface area (Å²) in [5.41, 5.74) is 0. The molecule has 0 saturated heterocycles. The van der Waals surface area contributed by atoms with Crippen LogP contribution >= 0.6 is 0 Å². The van der Waals surface area contributed by atoms with Gasteiger partial charge < -0.3 is 14.8 Å². The fourth-order valence-corrected chi connectivity index (χ4v) is 2.52. The van der Waals surface area contributed by atoms with Crippen molar-refractivity contribution in [2.45, 2.75) is 65.0 Å². The molecule has 0 spiro atoms. The third-order valence-corrected chi connectivity index (χ3v) is 3.72. The molecule has 19 heavy (non-hydrogen) atoms. The standard InChI is InChI=1S/C15H29NO3/c1-4-10-16-13(15(17)18-5-2)11-19-14-9-7-6-8-12(14)3/h12-14,16H,4-11H2,1-3H3. The third-order valence-electron chi connectivity index (χ3n) is 3.72. The van der Waals surface area contributed by atoms with E-state index in [1.54, 1.807) is 0 Å². The number of ether oxygens (including phenoxy) is 2. The zero-order valence-corrected chi connectivity index (χ0v) is 12.6. The molecule has 1 fully saturated rings. The molecule has 0 aromatic rings. The molecule has 0 amide bonds. The second-order valence-corrected chi connectivity index (χ2v) is 5.39.